The third kappa shape index (κ3) is 3.56. The van der Waals surface area contributed by atoms with Crippen LogP contribution >= 0.6 is 11.6 Å². The Kier molecular flexibility index (Phi) is 4.64. The van der Waals surface area contributed by atoms with E-state index in [0.717, 1.165) is 16.9 Å². The van der Waals surface area contributed by atoms with Crippen LogP contribution in [0, 0.1) is 0 Å². The van der Waals surface area contributed by atoms with Gasteiger partial charge in [-0.1, -0.05) is 28.9 Å². The number of piperazine rings is 1. The zero-order valence-electron chi connectivity index (χ0n) is 14.4. The third-order valence-corrected chi connectivity index (χ3v) is 4.65. The van der Waals surface area contributed by atoms with Crippen LogP contribution in [0.1, 0.15) is 0 Å². The average Bonchev–Trinajstić information content (AvgIpc) is 3.18. The van der Waals surface area contributed by atoms with Crippen molar-refractivity contribution >= 4 is 23.4 Å². The lowest BCUT2D eigenvalue weighted by Crippen LogP contribution is -2.50. The van der Waals surface area contributed by atoms with E-state index in [2.05, 4.69) is 20.0 Å². The number of benzene rings is 1. The lowest BCUT2D eigenvalue weighted by molar-refractivity contribution is 0.204. The van der Waals surface area contributed by atoms with E-state index >= 15 is 0 Å². The van der Waals surface area contributed by atoms with Gasteiger partial charge in [-0.25, -0.2) is 9.78 Å². The summed E-state index contributed by atoms with van der Waals surface area (Å²) in [6.45, 7) is 2.34. The number of nitrogens with two attached hydrogens (primary N) is 1. The fraction of sp³-hybridized carbons (Fsp3) is 0.222. The molecule has 2 N–H and O–H groups in total. The Balaban J connectivity index is 1.62. The van der Waals surface area contributed by atoms with Gasteiger partial charge in [0.1, 0.15) is 5.82 Å². The number of nitrogens with zero attached hydrogens (tertiary/aromatic N) is 5. The van der Waals surface area contributed by atoms with Crippen molar-refractivity contribution in [2.75, 3.05) is 31.1 Å². The maximum atomic E-state index is 11.3. The highest BCUT2D eigenvalue weighted by atomic mass is 35.5. The Hall–Kier alpha value is -3.13. The average molecular weight is 385 g/mol. The summed E-state index contributed by atoms with van der Waals surface area (Å²) in [6.07, 6.45) is 1.72. The minimum Gasteiger partial charge on any atom is -0.352 e. The lowest BCUT2D eigenvalue weighted by atomic mass is 10.2. The normalized spacial score (nSPS) is 14.4. The molecule has 3 aromatic rings. The first-order valence-electron chi connectivity index (χ1n) is 8.46. The molecule has 1 aliphatic heterocycles. The summed E-state index contributed by atoms with van der Waals surface area (Å²) in [4.78, 5) is 24.0. The number of primary amides is 1. The number of aromatic nitrogens is 3. The lowest BCUT2D eigenvalue weighted by Gasteiger charge is -2.34. The molecular formula is C18H17ClN6O2. The first kappa shape index (κ1) is 17.3. The van der Waals surface area contributed by atoms with Gasteiger partial charge in [0.25, 0.3) is 5.89 Å². The van der Waals surface area contributed by atoms with Gasteiger partial charge in [-0.2, -0.15) is 4.98 Å². The van der Waals surface area contributed by atoms with Gasteiger partial charge in [0, 0.05) is 43.0 Å². The van der Waals surface area contributed by atoms with Crippen molar-refractivity contribution in [2.45, 2.75) is 0 Å². The van der Waals surface area contributed by atoms with Crippen LogP contribution in [0.3, 0.4) is 0 Å². The summed E-state index contributed by atoms with van der Waals surface area (Å²) < 4.78 is 5.48. The van der Waals surface area contributed by atoms with Crippen molar-refractivity contribution in [3.05, 3.63) is 47.6 Å². The maximum Gasteiger partial charge on any atom is 0.314 e. The molecule has 3 heterocycles. The second-order valence-corrected chi connectivity index (χ2v) is 6.56. The molecule has 1 aliphatic rings. The van der Waals surface area contributed by atoms with Crippen LogP contribution in [0.4, 0.5) is 10.6 Å². The molecule has 0 bridgehead atoms. The van der Waals surface area contributed by atoms with E-state index in [1.807, 2.05) is 24.3 Å². The highest BCUT2D eigenvalue weighted by Gasteiger charge is 2.24. The number of hydrogen-bond donors (Lipinski definition) is 1. The van der Waals surface area contributed by atoms with Gasteiger partial charge in [-0.05, 0) is 24.3 Å². The van der Waals surface area contributed by atoms with Crippen LogP contribution in [0.15, 0.2) is 47.1 Å². The molecule has 1 fully saturated rings. The van der Waals surface area contributed by atoms with Crippen LogP contribution in [0.25, 0.3) is 22.8 Å². The quantitative estimate of drug-likeness (QED) is 0.744. The van der Waals surface area contributed by atoms with Gasteiger partial charge >= 0.3 is 6.03 Å². The molecule has 0 radical (unpaired) electrons. The predicted molar refractivity (Wildman–Crippen MR) is 101 cm³/mol. The summed E-state index contributed by atoms with van der Waals surface area (Å²) in [5.41, 5.74) is 6.87. The van der Waals surface area contributed by atoms with E-state index in [-0.39, 0.29) is 0 Å². The Morgan fingerprint density at radius 2 is 1.96 bits per heavy atom. The molecule has 1 aromatic carbocycles. The zero-order chi connectivity index (χ0) is 18.8. The number of urea groups is 1. The summed E-state index contributed by atoms with van der Waals surface area (Å²) in [7, 11) is 0. The Morgan fingerprint density at radius 3 is 2.70 bits per heavy atom. The van der Waals surface area contributed by atoms with Gasteiger partial charge in [0.2, 0.25) is 5.82 Å². The molecule has 0 spiro atoms. The van der Waals surface area contributed by atoms with Crippen molar-refractivity contribution < 1.29 is 9.32 Å². The zero-order valence-corrected chi connectivity index (χ0v) is 15.1. The molecule has 0 aliphatic carbocycles. The molecule has 0 atom stereocenters. The maximum absolute atomic E-state index is 11.3. The van der Waals surface area contributed by atoms with Crippen molar-refractivity contribution in [2.24, 2.45) is 5.73 Å². The second-order valence-electron chi connectivity index (χ2n) is 6.12. The van der Waals surface area contributed by atoms with Crippen molar-refractivity contribution in [3.8, 4) is 22.8 Å². The monoisotopic (exact) mass is 384 g/mol. The fourth-order valence-electron chi connectivity index (χ4n) is 3.03. The molecule has 2 aromatic heterocycles. The van der Waals surface area contributed by atoms with E-state index in [4.69, 9.17) is 21.9 Å². The molecule has 0 saturated carbocycles. The third-order valence-electron chi connectivity index (χ3n) is 4.42. The number of pyridine rings is 1. The molecular weight excluding hydrogens is 368 g/mol. The first-order valence-corrected chi connectivity index (χ1v) is 8.84. The van der Waals surface area contributed by atoms with Crippen molar-refractivity contribution in [1.29, 1.82) is 0 Å². The van der Waals surface area contributed by atoms with Gasteiger partial charge in [0.05, 0.1) is 5.56 Å². The summed E-state index contributed by atoms with van der Waals surface area (Å²) in [5.74, 6) is 1.58. The molecule has 1 saturated heterocycles. The Morgan fingerprint density at radius 1 is 1.15 bits per heavy atom. The number of halogens is 1. The van der Waals surface area contributed by atoms with Crippen LogP contribution in [-0.2, 0) is 0 Å². The fourth-order valence-corrected chi connectivity index (χ4v) is 3.22. The number of rotatable bonds is 3. The van der Waals surface area contributed by atoms with Crippen LogP contribution in [-0.4, -0.2) is 52.2 Å². The summed E-state index contributed by atoms with van der Waals surface area (Å²) in [5, 5.41) is 4.67. The molecule has 4 rings (SSSR count). The number of anilines is 1. The number of amides is 2. The van der Waals surface area contributed by atoms with E-state index < -0.39 is 6.03 Å². The highest BCUT2D eigenvalue weighted by Crippen LogP contribution is 2.30. The van der Waals surface area contributed by atoms with Crippen LogP contribution < -0.4 is 10.6 Å². The van der Waals surface area contributed by atoms with E-state index in [0.29, 0.717) is 42.9 Å². The van der Waals surface area contributed by atoms with Gasteiger partial charge < -0.3 is 20.1 Å². The number of hydrogen-bond acceptors (Lipinski definition) is 6. The summed E-state index contributed by atoms with van der Waals surface area (Å²) >= 11 is 6.04. The minimum absolute atomic E-state index is 0.380. The number of carbonyl (C=O) groups is 1. The summed E-state index contributed by atoms with van der Waals surface area (Å²) in [6, 6.07) is 10.6. The van der Waals surface area contributed by atoms with Crippen molar-refractivity contribution in [3.63, 3.8) is 0 Å². The molecule has 27 heavy (non-hydrogen) atoms. The first-order chi connectivity index (χ1) is 13.1. The second kappa shape index (κ2) is 7.24. The van der Waals surface area contributed by atoms with Crippen molar-refractivity contribution in [1.82, 2.24) is 20.0 Å². The predicted octanol–water partition coefficient (Wildman–Crippen LogP) is 2.65. The number of carbonyl (C=O) groups excluding carboxylic acids is 1. The minimum atomic E-state index is -0.404. The SMILES string of the molecule is NC(=O)N1CCN(c2ncccc2-c2nc(-c3cccc(Cl)c3)no2)CC1. The largest absolute Gasteiger partial charge is 0.352 e. The van der Waals surface area contributed by atoms with Gasteiger partial charge in [-0.15, -0.1) is 0 Å². The molecule has 138 valence electrons. The van der Waals surface area contributed by atoms with Gasteiger partial charge in [-0.3, -0.25) is 0 Å². The molecule has 8 nitrogen and oxygen atoms in total. The Labute approximate surface area is 160 Å². The van der Waals surface area contributed by atoms with E-state index in [9.17, 15) is 4.79 Å². The smallest absolute Gasteiger partial charge is 0.314 e. The molecule has 0 unspecified atom stereocenters. The van der Waals surface area contributed by atoms with Gasteiger partial charge in [0.15, 0.2) is 0 Å². The van der Waals surface area contributed by atoms with E-state index in [1.54, 1.807) is 23.2 Å². The van der Waals surface area contributed by atoms with E-state index in [1.165, 1.54) is 0 Å². The molecule has 2 amide bonds. The topological polar surface area (TPSA) is 101 Å². The Bertz CT molecular complexity index is 968. The van der Waals surface area contributed by atoms with Crippen LogP contribution in [0.5, 0.6) is 0 Å². The molecule has 9 heteroatoms. The van der Waals surface area contributed by atoms with Crippen LogP contribution in [0.2, 0.25) is 5.02 Å². The standard InChI is InChI=1S/C18H17ClN6O2/c19-13-4-1-3-12(11-13)15-22-17(27-23-15)14-5-2-6-21-16(14)24-7-9-25(10-8-24)18(20)26/h1-6,11H,7-10H2,(H2,20,26). The highest BCUT2D eigenvalue weighted by molar-refractivity contribution is 6.30.